The first-order chi connectivity index (χ1) is 11.7. The normalized spacial score (nSPS) is 27.2. The van der Waals surface area contributed by atoms with E-state index >= 15 is 0 Å². The summed E-state index contributed by atoms with van der Waals surface area (Å²) in [4.78, 5) is 26.8. The predicted molar refractivity (Wildman–Crippen MR) is 90.8 cm³/mol. The van der Waals surface area contributed by atoms with E-state index in [0.29, 0.717) is 25.9 Å². The van der Waals surface area contributed by atoms with Crippen LogP contribution in [-0.4, -0.2) is 62.2 Å². The quantitative estimate of drug-likeness (QED) is 0.778. The second-order valence-corrected chi connectivity index (χ2v) is 8.86. The molecule has 0 aromatic heterocycles. The zero-order valence-electron chi connectivity index (χ0n) is 14.1. The van der Waals surface area contributed by atoms with Crippen molar-refractivity contribution in [2.24, 2.45) is 5.41 Å². The number of carbonyl (C=O) groups excluding carboxylic acids is 2. The third-order valence-electron chi connectivity index (χ3n) is 5.12. The first-order valence-electron chi connectivity index (χ1n) is 8.30. The molecule has 1 spiro atoms. The van der Waals surface area contributed by atoms with Crippen molar-refractivity contribution in [2.45, 2.75) is 30.3 Å². The molecule has 0 aliphatic carbocycles. The summed E-state index contributed by atoms with van der Waals surface area (Å²) in [5.74, 6) is -0.538. The molecular weight excluding hydrogens is 344 g/mol. The molecule has 0 unspecified atom stereocenters. The zero-order chi connectivity index (χ0) is 18.2. The minimum absolute atomic E-state index is 0.0838. The molecule has 2 saturated heterocycles. The molecule has 2 heterocycles. The lowest BCUT2D eigenvalue weighted by atomic mass is 9.71. The summed E-state index contributed by atoms with van der Waals surface area (Å²) in [5, 5.41) is 13.2. The standard InChI is InChI=1S/C17H22N2O5S/c1-25(23,24)13-5-2-4-12(10-13)15(21)19-9-6-14(20)17(11-19)7-3-8-18-16(17)22/h2,4-5,10,14,20H,3,6-9,11H2,1H3,(H,18,22)/t14-,17+/m0/s1. The van der Waals surface area contributed by atoms with Gasteiger partial charge in [-0.3, -0.25) is 9.59 Å². The van der Waals surface area contributed by atoms with Gasteiger partial charge in [0.2, 0.25) is 5.91 Å². The van der Waals surface area contributed by atoms with Gasteiger partial charge in [0.25, 0.3) is 5.91 Å². The Kier molecular flexibility index (Phi) is 4.59. The first kappa shape index (κ1) is 17.9. The summed E-state index contributed by atoms with van der Waals surface area (Å²) in [6.07, 6.45) is 1.93. The Morgan fingerprint density at radius 1 is 1.40 bits per heavy atom. The number of hydrogen-bond acceptors (Lipinski definition) is 5. The van der Waals surface area contributed by atoms with E-state index in [1.807, 2.05) is 0 Å². The summed E-state index contributed by atoms with van der Waals surface area (Å²) in [7, 11) is -3.41. The molecule has 1 aromatic carbocycles. The molecule has 2 atom stereocenters. The number of piperidine rings is 2. The van der Waals surface area contributed by atoms with E-state index in [0.717, 1.165) is 12.7 Å². The third-order valence-corrected chi connectivity index (χ3v) is 6.23. The molecular formula is C17H22N2O5S. The number of aliphatic hydroxyl groups is 1. The Hall–Kier alpha value is -1.93. The van der Waals surface area contributed by atoms with E-state index in [9.17, 15) is 23.1 Å². The summed E-state index contributed by atoms with van der Waals surface area (Å²) < 4.78 is 23.4. The van der Waals surface area contributed by atoms with Gasteiger partial charge in [-0.15, -0.1) is 0 Å². The molecule has 3 rings (SSSR count). The van der Waals surface area contributed by atoms with E-state index in [2.05, 4.69) is 5.32 Å². The summed E-state index contributed by atoms with van der Waals surface area (Å²) in [5.41, 5.74) is -0.702. The number of sulfone groups is 1. The highest BCUT2D eigenvalue weighted by molar-refractivity contribution is 7.90. The number of nitrogens with one attached hydrogen (secondary N) is 1. The van der Waals surface area contributed by atoms with Crippen molar-refractivity contribution in [3.8, 4) is 0 Å². The lowest BCUT2D eigenvalue weighted by molar-refractivity contribution is -0.147. The summed E-state index contributed by atoms with van der Waals surface area (Å²) in [6.45, 7) is 1.05. The maximum atomic E-state index is 12.8. The van der Waals surface area contributed by atoms with Crippen molar-refractivity contribution in [3.63, 3.8) is 0 Å². The lowest BCUT2D eigenvalue weighted by Gasteiger charge is -2.46. The fourth-order valence-electron chi connectivity index (χ4n) is 3.66. The van der Waals surface area contributed by atoms with E-state index in [4.69, 9.17) is 0 Å². The number of likely N-dealkylation sites (tertiary alicyclic amines) is 1. The highest BCUT2D eigenvalue weighted by Crippen LogP contribution is 2.37. The highest BCUT2D eigenvalue weighted by Gasteiger charge is 2.50. The maximum Gasteiger partial charge on any atom is 0.253 e. The molecule has 0 radical (unpaired) electrons. The zero-order valence-corrected chi connectivity index (χ0v) is 14.9. The molecule has 2 N–H and O–H groups in total. The second kappa shape index (κ2) is 6.42. The number of amides is 2. The van der Waals surface area contributed by atoms with Crippen LogP contribution in [0.25, 0.3) is 0 Å². The van der Waals surface area contributed by atoms with Crippen molar-refractivity contribution in [3.05, 3.63) is 29.8 Å². The van der Waals surface area contributed by atoms with Crippen molar-refractivity contribution >= 4 is 21.7 Å². The Bertz CT molecular complexity index is 807. The van der Waals surface area contributed by atoms with Gasteiger partial charge in [-0.05, 0) is 37.5 Å². The first-order valence-corrected chi connectivity index (χ1v) is 10.2. The summed E-state index contributed by atoms with van der Waals surface area (Å²) in [6, 6.07) is 5.90. The molecule has 0 bridgehead atoms. The molecule has 2 aliphatic rings. The van der Waals surface area contributed by atoms with Crippen LogP contribution in [0.15, 0.2) is 29.2 Å². The van der Waals surface area contributed by atoms with Gasteiger partial charge in [0, 0.05) is 31.5 Å². The van der Waals surface area contributed by atoms with Gasteiger partial charge in [-0.1, -0.05) is 6.07 Å². The molecule has 2 fully saturated rings. The third kappa shape index (κ3) is 3.28. The van der Waals surface area contributed by atoms with Crippen LogP contribution in [0.5, 0.6) is 0 Å². The monoisotopic (exact) mass is 366 g/mol. The molecule has 2 amide bonds. The van der Waals surface area contributed by atoms with E-state index < -0.39 is 21.4 Å². The molecule has 8 heteroatoms. The van der Waals surface area contributed by atoms with Crippen LogP contribution in [-0.2, 0) is 14.6 Å². The Morgan fingerprint density at radius 2 is 2.16 bits per heavy atom. The minimum atomic E-state index is -3.41. The smallest absolute Gasteiger partial charge is 0.253 e. The molecule has 25 heavy (non-hydrogen) atoms. The van der Waals surface area contributed by atoms with Crippen molar-refractivity contribution in [2.75, 3.05) is 25.9 Å². The largest absolute Gasteiger partial charge is 0.392 e. The minimum Gasteiger partial charge on any atom is -0.392 e. The average molecular weight is 366 g/mol. The number of benzene rings is 1. The van der Waals surface area contributed by atoms with Gasteiger partial charge in [0.05, 0.1) is 16.4 Å². The van der Waals surface area contributed by atoms with Crippen LogP contribution in [0.1, 0.15) is 29.6 Å². The second-order valence-electron chi connectivity index (χ2n) is 6.85. The Labute approximate surface area is 146 Å². The number of carbonyl (C=O) groups is 2. The van der Waals surface area contributed by atoms with Gasteiger partial charge in [0.15, 0.2) is 9.84 Å². The SMILES string of the molecule is CS(=O)(=O)c1cccc(C(=O)N2CC[C@H](O)[C@@]3(CCCNC3=O)C2)c1. The summed E-state index contributed by atoms with van der Waals surface area (Å²) >= 11 is 0. The molecule has 1 aromatic rings. The molecule has 136 valence electrons. The fraction of sp³-hybridized carbons (Fsp3) is 0.529. The highest BCUT2D eigenvalue weighted by atomic mass is 32.2. The van der Waals surface area contributed by atoms with Gasteiger partial charge in [0.1, 0.15) is 0 Å². The molecule has 2 aliphatic heterocycles. The van der Waals surface area contributed by atoms with Gasteiger partial charge in [-0.2, -0.15) is 0 Å². The van der Waals surface area contributed by atoms with Crippen LogP contribution in [0.4, 0.5) is 0 Å². The van der Waals surface area contributed by atoms with Crippen LogP contribution in [0.3, 0.4) is 0 Å². The Balaban J connectivity index is 1.87. The number of hydrogen-bond donors (Lipinski definition) is 2. The number of nitrogens with zero attached hydrogens (tertiary/aromatic N) is 1. The van der Waals surface area contributed by atoms with E-state index in [-0.39, 0.29) is 28.8 Å². The number of aliphatic hydroxyl groups excluding tert-OH is 1. The van der Waals surface area contributed by atoms with Gasteiger partial charge >= 0.3 is 0 Å². The van der Waals surface area contributed by atoms with E-state index in [1.54, 1.807) is 11.0 Å². The van der Waals surface area contributed by atoms with E-state index in [1.165, 1.54) is 18.2 Å². The Morgan fingerprint density at radius 3 is 2.84 bits per heavy atom. The molecule has 7 nitrogen and oxygen atoms in total. The van der Waals surface area contributed by atoms with Crippen molar-refractivity contribution < 1.29 is 23.1 Å². The van der Waals surface area contributed by atoms with Crippen LogP contribution in [0.2, 0.25) is 0 Å². The molecule has 0 saturated carbocycles. The van der Waals surface area contributed by atoms with Crippen molar-refractivity contribution in [1.29, 1.82) is 0 Å². The predicted octanol–water partition coefficient (Wildman–Crippen LogP) is 0.193. The average Bonchev–Trinajstić information content (AvgIpc) is 2.58. The fourth-order valence-corrected chi connectivity index (χ4v) is 4.33. The van der Waals surface area contributed by atoms with Crippen LogP contribution < -0.4 is 5.32 Å². The lowest BCUT2D eigenvalue weighted by Crippen LogP contribution is -2.62. The van der Waals surface area contributed by atoms with Gasteiger partial charge < -0.3 is 15.3 Å². The topological polar surface area (TPSA) is 104 Å². The maximum absolute atomic E-state index is 12.8. The van der Waals surface area contributed by atoms with Gasteiger partial charge in [-0.25, -0.2) is 8.42 Å². The van der Waals surface area contributed by atoms with Crippen molar-refractivity contribution in [1.82, 2.24) is 10.2 Å². The van der Waals surface area contributed by atoms with Crippen LogP contribution in [0, 0.1) is 5.41 Å². The number of rotatable bonds is 2. The van der Waals surface area contributed by atoms with Crippen LogP contribution >= 0.6 is 0 Å².